The lowest BCUT2D eigenvalue weighted by atomic mass is 9.94. The van der Waals surface area contributed by atoms with E-state index < -0.39 is 17.7 Å². The second kappa shape index (κ2) is 8.39. The number of anilines is 2. The third-order valence-electron chi connectivity index (χ3n) is 5.27. The smallest absolute Gasteiger partial charge is 0.294 e. The lowest BCUT2D eigenvalue weighted by molar-refractivity contribution is -0.118. The van der Waals surface area contributed by atoms with Crippen molar-refractivity contribution in [1.82, 2.24) is 0 Å². The number of aliphatic hydroxyl groups is 1. The SMILES string of the molecule is CCC(=O)C1=C(O)C(=O)N(c2ccc(N(CC)CC)cc2)C1c1cccc(O)c1. The summed E-state index contributed by atoms with van der Waals surface area (Å²) in [7, 11) is 0. The highest BCUT2D eigenvalue weighted by molar-refractivity contribution is 6.16. The third kappa shape index (κ3) is 3.70. The molecule has 3 rings (SSSR count). The number of rotatable bonds is 7. The molecule has 0 aliphatic carbocycles. The molecule has 29 heavy (non-hydrogen) atoms. The molecule has 1 aliphatic heterocycles. The maximum atomic E-state index is 12.9. The number of carbonyl (C=O) groups is 2. The molecule has 0 bridgehead atoms. The second-order valence-electron chi connectivity index (χ2n) is 6.90. The maximum absolute atomic E-state index is 12.9. The standard InChI is InChI=1S/C23H26N2O4/c1-4-19(27)20-21(15-8-7-9-18(26)14-15)25(23(29)22(20)28)17-12-10-16(11-13-17)24(5-2)6-3/h7-14,21,26,28H,4-6H2,1-3H3. The van der Waals surface area contributed by atoms with E-state index >= 15 is 0 Å². The topological polar surface area (TPSA) is 81.1 Å². The Morgan fingerprint density at radius 1 is 1.03 bits per heavy atom. The molecular weight excluding hydrogens is 368 g/mol. The first kappa shape index (κ1) is 20.5. The van der Waals surface area contributed by atoms with E-state index in [4.69, 9.17) is 0 Å². The van der Waals surface area contributed by atoms with Crippen LogP contribution in [0.1, 0.15) is 38.8 Å². The molecule has 1 unspecified atom stereocenters. The van der Waals surface area contributed by atoms with Crippen LogP contribution in [-0.4, -0.2) is 35.0 Å². The first-order chi connectivity index (χ1) is 13.9. The van der Waals surface area contributed by atoms with Crippen LogP contribution >= 0.6 is 0 Å². The van der Waals surface area contributed by atoms with Crippen molar-refractivity contribution in [3.63, 3.8) is 0 Å². The molecule has 0 aromatic heterocycles. The summed E-state index contributed by atoms with van der Waals surface area (Å²) in [5.41, 5.74) is 2.23. The zero-order valence-electron chi connectivity index (χ0n) is 16.9. The van der Waals surface area contributed by atoms with E-state index in [1.165, 1.54) is 17.0 Å². The fourth-order valence-corrected chi connectivity index (χ4v) is 3.77. The van der Waals surface area contributed by atoms with E-state index in [-0.39, 0.29) is 23.5 Å². The first-order valence-electron chi connectivity index (χ1n) is 9.86. The molecule has 1 amide bonds. The number of aliphatic hydroxyl groups excluding tert-OH is 1. The van der Waals surface area contributed by atoms with Crippen LogP contribution in [0, 0.1) is 0 Å². The molecule has 0 saturated carbocycles. The summed E-state index contributed by atoms with van der Waals surface area (Å²) >= 11 is 0. The molecule has 2 aromatic rings. The lowest BCUT2D eigenvalue weighted by Gasteiger charge is -2.28. The van der Waals surface area contributed by atoms with E-state index in [1.54, 1.807) is 19.1 Å². The Morgan fingerprint density at radius 3 is 2.24 bits per heavy atom. The second-order valence-corrected chi connectivity index (χ2v) is 6.90. The van der Waals surface area contributed by atoms with Crippen LogP contribution in [0.25, 0.3) is 0 Å². The zero-order valence-corrected chi connectivity index (χ0v) is 16.9. The van der Waals surface area contributed by atoms with Crippen LogP contribution in [0.15, 0.2) is 59.9 Å². The Balaban J connectivity index is 2.09. The van der Waals surface area contributed by atoms with Crippen molar-refractivity contribution in [3.05, 3.63) is 65.4 Å². The minimum absolute atomic E-state index is 0.0291. The Kier molecular flexibility index (Phi) is 5.92. The minimum Gasteiger partial charge on any atom is -0.508 e. The molecule has 1 heterocycles. The van der Waals surface area contributed by atoms with E-state index in [1.807, 2.05) is 24.3 Å². The van der Waals surface area contributed by atoms with Crippen molar-refractivity contribution in [2.45, 2.75) is 33.2 Å². The largest absolute Gasteiger partial charge is 0.508 e. The average Bonchev–Trinajstić information content (AvgIpc) is 3.00. The lowest BCUT2D eigenvalue weighted by Crippen LogP contribution is -2.31. The van der Waals surface area contributed by atoms with Gasteiger partial charge in [0, 0.05) is 30.9 Å². The Bertz CT molecular complexity index is 946. The van der Waals surface area contributed by atoms with Gasteiger partial charge in [0.2, 0.25) is 0 Å². The summed E-state index contributed by atoms with van der Waals surface area (Å²) in [5.74, 6) is -1.42. The number of hydrogen-bond acceptors (Lipinski definition) is 5. The van der Waals surface area contributed by atoms with Crippen LogP contribution < -0.4 is 9.80 Å². The molecule has 6 nitrogen and oxygen atoms in total. The van der Waals surface area contributed by atoms with E-state index in [0.29, 0.717) is 11.3 Å². The van der Waals surface area contributed by atoms with Gasteiger partial charge in [-0.3, -0.25) is 14.5 Å². The van der Waals surface area contributed by atoms with Gasteiger partial charge in [-0.25, -0.2) is 0 Å². The highest BCUT2D eigenvalue weighted by Gasteiger charge is 2.43. The number of hydrogen-bond donors (Lipinski definition) is 2. The molecule has 6 heteroatoms. The van der Waals surface area contributed by atoms with Gasteiger partial charge in [0.15, 0.2) is 11.5 Å². The molecule has 2 aromatic carbocycles. The number of ketones is 1. The summed E-state index contributed by atoms with van der Waals surface area (Å²) in [6, 6.07) is 13.1. The molecule has 0 radical (unpaired) electrons. The van der Waals surface area contributed by atoms with Gasteiger partial charge >= 0.3 is 0 Å². The van der Waals surface area contributed by atoms with Crippen molar-refractivity contribution in [1.29, 1.82) is 0 Å². The number of aromatic hydroxyl groups is 1. The summed E-state index contributed by atoms with van der Waals surface area (Å²) in [6.45, 7) is 7.56. The van der Waals surface area contributed by atoms with Gasteiger partial charge in [-0.05, 0) is 55.8 Å². The van der Waals surface area contributed by atoms with Crippen molar-refractivity contribution in [2.24, 2.45) is 0 Å². The van der Waals surface area contributed by atoms with Crippen molar-refractivity contribution < 1.29 is 19.8 Å². The predicted octanol–water partition coefficient (Wildman–Crippen LogP) is 4.12. The number of phenolic OH excluding ortho intramolecular Hbond substituents is 1. The predicted molar refractivity (Wildman–Crippen MR) is 113 cm³/mol. The summed E-state index contributed by atoms with van der Waals surface area (Å²) < 4.78 is 0. The van der Waals surface area contributed by atoms with Crippen molar-refractivity contribution in [3.8, 4) is 5.75 Å². The molecule has 0 spiro atoms. The van der Waals surface area contributed by atoms with Crippen LogP contribution in [0.3, 0.4) is 0 Å². The average molecular weight is 394 g/mol. The van der Waals surface area contributed by atoms with Gasteiger partial charge < -0.3 is 15.1 Å². The van der Waals surface area contributed by atoms with E-state index in [0.717, 1.165) is 18.8 Å². The molecule has 2 N–H and O–H groups in total. The monoisotopic (exact) mass is 394 g/mol. The van der Waals surface area contributed by atoms with Gasteiger partial charge in [0.05, 0.1) is 11.6 Å². The fourth-order valence-electron chi connectivity index (χ4n) is 3.77. The number of carbonyl (C=O) groups excluding carboxylic acids is 2. The fraction of sp³-hybridized carbons (Fsp3) is 0.304. The summed E-state index contributed by atoms with van der Waals surface area (Å²) in [4.78, 5) is 29.1. The third-order valence-corrected chi connectivity index (χ3v) is 5.27. The Morgan fingerprint density at radius 2 is 1.69 bits per heavy atom. The maximum Gasteiger partial charge on any atom is 0.294 e. The number of benzene rings is 2. The van der Waals surface area contributed by atoms with Crippen LogP contribution in [0.2, 0.25) is 0 Å². The molecule has 1 atom stereocenters. The molecule has 0 fully saturated rings. The Labute approximate surface area is 170 Å². The van der Waals surface area contributed by atoms with E-state index in [9.17, 15) is 19.8 Å². The Hall–Kier alpha value is -3.28. The highest BCUT2D eigenvalue weighted by Crippen LogP contribution is 2.42. The summed E-state index contributed by atoms with van der Waals surface area (Å²) in [6.07, 6.45) is 0.163. The minimum atomic E-state index is -0.790. The number of amides is 1. The highest BCUT2D eigenvalue weighted by atomic mass is 16.3. The normalized spacial score (nSPS) is 16.4. The molecule has 0 saturated heterocycles. The van der Waals surface area contributed by atoms with Crippen molar-refractivity contribution >= 4 is 23.1 Å². The van der Waals surface area contributed by atoms with E-state index in [2.05, 4.69) is 18.7 Å². The quantitative estimate of drug-likeness (QED) is 0.738. The van der Waals surface area contributed by atoms with Gasteiger partial charge in [0.1, 0.15) is 5.75 Å². The van der Waals surface area contributed by atoms with Crippen LogP contribution in [0.4, 0.5) is 11.4 Å². The summed E-state index contributed by atoms with van der Waals surface area (Å²) in [5, 5.41) is 20.4. The molecule has 1 aliphatic rings. The van der Waals surface area contributed by atoms with Crippen molar-refractivity contribution in [2.75, 3.05) is 22.9 Å². The van der Waals surface area contributed by atoms with Crippen LogP contribution in [0.5, 0.6) is 5.75 Å². The van der Waals surface area contributed by atoms with Gasteiger partial charge in [0.25, 0.3) is 5.91 Å². The molecule has 152 valence electrons. The zero-order chi connectivity index (χ0) is 21.1. The first-order valence-corrected chi connectivity index (χ1v) is 9.86. The molecular formula is C23H26N2O4. The number of nitrogens with zero attached hydrogens (tertiary/aromatic N) is 2. The number of phenols is 1. The van der Waals surface area contributed by atoms with Gasteiger partial charge in [-0.15, -0.1) is 0 Å². The number of Topliss-reactive ketones (excluding diaryl/α,β-unsaturated/α-hetero) is 1. The van der Waals surface area contributed by atoms with Gasteiger partial charge in [-0.1, -0.05) is 19.1 Å². The van der Waals surface area contributed by atoms with Crippen LogP contribution in [-0.2, 0) is 9.59 Å². The van der Waals surface area contributed by atoms with Gasteiger partial charge in [-0.2, -0.15) is 0 Å².